The van der Waals surface area contributed by atoms with Gasteiger partial charge < -0.3 is 4.74 Å². The maximum absolute atomic E-state index is 11.8. The second-order valence-corrected chi connectivity index (χ2v) is 4.55. The molecular formula is C15H21NO2. The van der Waals surface area contributed by atoms with E-state index in [9.17, 15) is 4.79 Å². The van der Waals surface area contributed by atoms with Gasteiger partial charge in [0.25, 0.3) is 0 Å². The lowest BCUT2D eigenvalue weighted by Gasteiger charge is -2.20. The zero-order valence-corrected chi connectivity index (χ0v) is 11.5. The number of ether oxygens (including phenoxy) is 1. The average Bonchev–Trinajstić information content (AvgIpc) is 2.36. The molecule has 98 valence electrons. The Kier molecular flexibility index (Phi) is 5.59. The first kappa shape index (κ1) is 14.5. The summed E-state index contributed by atoms with van der Waals surface area (Å²) in [6, 6.07) is 10.0. The summed E-state index contributed by atoms with van der Waals surface area (Å²) in [4.78, 5) is 13.6. The first-order chi connectivity index (χ1) is 8.50. The van der Waals surface area contributed by atoms with Gasteiger partial charge in [-0.3, -0.25) is 4.90 Å². The third-order valence-electron chi connectivity index (χ3n) is 2.81. The van der Waals surface area contributed by atoms with Gasteiger partial charge in [0, 0.05) is 5.57 Å². The second-order valence-electron chi connectivity index (χ2n) is 4.55. The molecule has 0 bridgehead atoms. The van der Waals surface area contributed by atoms with E-state index in [1.807, 2.05) is 62.3 Å². The number of hydrogen-bond donors (Lipinski definition) is 0. The minimum absolute atomic E-state index is 0.211. The summed E-state index contributed by atoms with van der Waals surface area (Å²) in [5, 5.41) is 0. The van der Waals surface area contributed by atoms with Gasteiger partial charge in [0.15, 0.2) is 6.23 Å². The lowest BCUT2D eigenvalue weighted by atomic mass is 10.1. The van der Waals surface area contributed by atoms with Crippen LogP contribution in [0, 0.1) is 0 Å². The van der Waals surface area contributed by atoms with Crippen molar-refractivity contribution in [3.05, 3.63) is 47.5 Å². The largest absolute Gasteiger partial charge is 0.443 e. The molecule has 0 aliphatic carbocycles. The number of esters is 1. The maximum atomic E-state index is 11.8. The summed E-state index contributed by atoms with van der Waals surface area (Å²) in [6.45, 7) is 3.63. The van der Waals surface area contributed by atoms with E-state index in [0.717, 1.165) is 6.42 Å². The summed E-state index contributed by atoms with van der Waals surface area (Å²) in [5.74, 6) is -0.257. The van der Waals surface area contributed by atoms with Crippen LogP contribution >= 0.6 is 0 Å². The fourth-order valence-electron chi connectivity index (χ4n) is 1.32. The van der Waals surface area contributed by atoms with E-state index in [4.69, 9.17) is 4.74 Å². The quantitative estimate of drug-likeness (QED) is 0.455. The third kappa shape index (κ3) is 4.72. The molecule has 3 nitrogen and oxygen atoms in total. The lowest BCUT2D eigenvalue weighted by Crippen LogP contribution is -2.30. The topological polar surface area (TPSA) is 29.5 Å². The van der Waals surface area contributed by atoms with Gasteiger partial charge >= 0.3 is 5.97 Å². The molecule has 0 spiro atoms. The number of allylic oxidation sites excluding steroid dienone is 1. The van der Waals surface area contributed by atoms with Crippen molar-refractivity contribution < 1.29 is 9.53 Å². The minimum atomic E-state index is -0.257. The molecule has 0 fully saturated rings. The van der Waals surface area contributed by atoms with Gasteiger partial charge in [0.2, 0.25) is 0 Å². The number of hydrogen-bond acceptors (Lipinski definition) is 3. The molecule has 0 aliphatic heterocycles. The molecule has 1 rings (SSSR count). The van der Waals surface area contributed by atoms with E-state index in [2.05, 4.69) is 0 Å². The standard InChI is InChI=1S/C15H21NO2/c1-12(15(17)18-13(2)16(3)4)10-11-14-8-6-5-7-9-14/h5-10,13H,11H2,1-4H3/b12-10+. The molecule has 0 N–H and O–H groups in total. The number of rotatable bonds is 5. The normalized spacial score (nSPS) is 13.5. The number of carbonyl (C=O) groups is 1. The van der Waals surface area contributed by atoms with Crippen molar-refractivity contribution in [1.82, 2.24) is 4.90 Å². The summed E-state index contributed by atoms with van der Waals surface area (Å²) in [7, 11) is 3.75. The Hall–Kier alpha value is -1.61. The first-order valence-electron chi connectivity index (χ1n) is 6.09. The van der Waals surface area contributed by atoms with Gasteiger partial charge in [-0.15, -0.1) is 0 Å². The summed E-state index contributed by atoms with van der Waals surface area (Å²) in [5.41, 5.74) is 1.83. The molecular weight excluding hydrogens is 226 g/mol. The molecule has 0 saturated heterocycles. The average molecular weight is 247 g/mol. The number of benzene rings is 1. The van der Waals surface area contributed by atoms with Gasteiger partial charge in [-0.05, 0) is 39.9 Å². The molecule has 1 aromatic carbocycles. The van der Waals surface area contributed by atoms with Crippen LogP contribution in [0.5, 0.6) is 0 Å². The van der Waals surface area contributed by atoms with Gasteiger partial charge in [-0.25, -0.2) is 4.79 Å². The molecule has 0 heterocycles. The zero-order chi connectivity index (χ0) is 13.5. The van der Waals surface area contributed by atoms with Crippen molar-refractivity contribution in [2.24, 2.45) is 0 Å². The Morgan fingerprint density at radius 2 is 1.94 bits per heavy atom. The van der Waals surface area contributed by atoms with Gasteiger partial charge in [-0.2, -0.15) is 0 Å². The minimum Gasteiger partial charge on any atom is -0.443 e. The molecule has 1 aromatic rings. The highest BCUT2D eigenvalue weighted by molar-refractivity contribution is 5.87. The van der Waals surface area contributed by atoms with Gasteiger partial charge in [0.1, 0.15) is 0 Å². The number of nitrogens with zero attached hydrogens (tertiary/aromatic N) is 1. The molecule has 3 heteroatoms. The summed E-state index contributed by atoms with van der Waals surface area (Å²) < 4.78 is 5.28. The second kappa shape index (κ2) is 6.97. The van der Waals surface area contributed by atoms with Crippen LogP contribution < -0.4 is 0 Å². The Labute approximate surface area is 109 Å². The predicted octanol–water partition coefficient (Wildman–Crippen LogP) is 2.63. The van der Waals surface area contributed by atoms with E-state index in [1.54, 1.807) is 6.92 Å². The van der Waals surface area contributed by atoms with Crippen LogP contribution in [0.2, 0.25) is 0 Å². The molecule has 0 saturated carbocycles. The van der Waals surface area contributed by atoms with E-state index >= 15 is 0 Å². The van der Waals surface area contributed by atoms with Crippen molar-refractivity contribution in [1.29, 1.82) is 0 Å². The van der Waals surface area contributed by atoms with Crippen LogP contribution in [0.15, 0.2) is 42.0 Å². The van der Waals surface area contributed by atoms with Gasteiger partial charge in [0.05, 0.1) is 0 Å². The molecule has 18 heavy (non-hydrogen) atoms. The SMILES string of the molecule is C/C(=C\Cc1ccccc1)C(=O)OC(C)N(C)C. The first-order valence-corrected chi connectivity index (χ1v) is 6.09. The Morgan fingerprint density at radius 1 is 1.33 bits per heavy atom. The van der Waals surface area contributed by atoms with E-state index in [-0.39, 0.29) is 12.2 Å². The van der Waals surface area contributed by atoms with E-state index in [0.29, 0.717) is 5.57 Å². The molecule has 0 aromatic heterocycles. The van der Waals surface area contributed by atoms with Crippen LogP contribution in [0.3, 0.4) is 0 Å². The Balaban J connectivity index is 2.53. The Bertz CT molecular complexity index is 410. The smallest absolute Gasteiger partial charge is 0.334 e. The summed E-state index contributed by atoms with van der Waals surface area (Å²) >= 11 is 0. The highest BCUT2D eigenvalue weighted by Gasteiger charge is 2.12. The fourth-order valence-corrected chi connectivity index (χ4v) is 1.32. The van der Waals surface area contributed by atoms with Crippen molar-refractivity contribution in [2.45, 2.75) is 26.5 Å². The van der Waals surface area contributed by atoms with Gasteiger partial charge in [-0.1, -0.05) is 36.4 Å². The van der Waals surface area contributed by atoms with Crippen LogP contribution in [0.1, 0.15) is 19.4 Å². The van der Waals surface area contributed by atoms with Crippen molar-refractivity contribution in [3.63, 3.8) is 0 Å². The van der Waals surface area contributed by atoms with Crippen LogP contribution in [-0.4, -0.2) is 31.2 Å². The Morgan fingerprint density at radius 3 is 2.50 bits per heavy atom. The van der Waals surface area contributed by atoms with Crippen LogP contribution in [0.4, 0.5) is 0 Å². The number of carbonyl (C=O) groups excluding carboxylic acids is 1. The summed E-state index contributed by atoms with van der Waals surface area (Å²) in [6.07, 6.45) is 2.44. The van der Waals surface area contributed by atoms with Crippen molar-refractivity contribution in [3.8, 4) is 0 Å². The lowest BCUT2D eigenvalue weighted by molar-refractivity contribution is -0.150. The molecule has 0 amide bonds. The fraction of sp³-hybridized carbons (Fsp3) is 0.400. The highest BCUT2D eigenvalue weighted by atomic mass is 16.6. The van der Waals surface area contributed by atoms with E-state index in [1.165, 1.54) is 5.56 Å². The van der Waals surface area contributed by atoms with Crippen molar-refractivity contribution >= 4 is 5.97 Å². The maximum Gasteiger partial charge on any atom is 0.334 e. The highest BCUT2D eigenvalue weighted by Crippen LogP contribution is 2.06. The molecule has 0 radical (unpaired) electrons. The third-order valence-corrected chi connectivity index (χ3v) is 2.81. The monoisotopic (exact) mass is 247 g/mol. The molecule has 1 atom stereocenters. The molecule has 1 unspecified atom stereocenters. The van der Waals surface area contributed by atoms with Crippen molar-refractivity contribution in [2.75, 3.05) is 14.1 Å². The molecule has 0 aliphatic rings. The van der Waals surface area contributed by atoms with Crippen LogP contribution in [-0.2, 0) is 16.0 Å². The zero-order valence-electron chi connectivity index (χ0n) is 11.5. The van der Waals surface area contributed by atoms with Crippen LogP contribution in [0.25, 0.3) is 0 Å². The van der Waals surface area contributed by atoms with E-state index < -0.39 is 0 Å². The predicted molar refractivity (Wildman–Crippen MR) is 73.1 cm³/mol.